The summed E-state index contributed by atoms with van der Waals surface area (Å²) >= 11 is 1.28. The van der Waals surface area contributed by atoms with Crippen molar-refractivity contribution in [1.29, 1.82) is 0 Å². The Morgan fingerprint density at radius 3 is 2.71 bits per heavy atom. The van der Waals surface area contributed by atoms with Crippen molar-refractivity contribution in [1.82, 2.24) is 9.80 Å². The number of benzene rings is 1. The van der Waals surface area contributed by atoms with Crippen LogP contribution in [0.5, 0.6) is 11.5 Å². The van der Waals surface area contributed by atoms with Gasteiger partial charge in [-0.15, -0.1) is 11.3 Å². The molecule has 0 bridgehead atoms. The maximum Gasteiger partial charge on any atom is 0.290 e. The molecule has 3 aliphatic rings. The normalized spacial score (nSPS) is 21.2. The van der Waals surface area contributed by atoms with Crippen LogP contribution in [0.15, 0.2) is 47.0 Å². The molecule has 0 unspecified atom stereocenters. The van der Waals surface area contributed by atoms with Crippen LogP contribution in [0.25, 0.3) is 0 Å². The predicted octanol–water partition coefficient (Wildman–Crippen LogP) is 2.39. The lowest BCUT2D eigenvalue weighted by atomic mass is 9.95. The van der Waals surface area contributed by atoms with Crippen molar-refractivity contribution in [3.63, 3.8) is 0 Å². The molecule has 3 aliphatic heterocycles. The average Bonchev–Trinajstić information content (AvgIpc) is 3.53. The molecular weight excluding hydrogens is 420 g/mol. The first-order valence-corrected chi connectivity index (χ1v) is 11.0. The molecule has 0 radical (unpaired) electrons. The summed E-state index contributed by atoms with van der Waals surface area (Å²) in [6.07, 6.45) is 0. The van der Waals surface area contributed by atoms with Gasteiger partial charge < -0.3 is 24.2 Å². The van der Waals surface area contributed by atoms with Crippen LogP contribution in [-0.4, -0.2) is 72.8 Å². The number of ether oxygens (including phenoxy) is 3. The van der Waals surface area contributed by atoms with E-state index >= 15 is 0 Å². The van der Waals surface area contributed by atoms with Crippen LogP contribution < -0.4 is 9.47 Å². The van der Waals surface area contributed by atoms with Crippen LogP contribution >= 0.6 is 11.3 Å². The molecule has 1 atom stereocenters. The molecule has 0 saturated carbocycles. The smallest absolute Gasteiger partial charge is 0.290 e. The van der Waals surface area contributed by atoms with E-state index in [0.717, 1.165) is 13.1 Å². The van der Waals surface area contributed by atoms with Crippen LogP contribution in [0, 0.1) is 0 Å². The number of Topliss-reactive ketones (excluding diaryl/α,β-unsaturated/α-hetero) is 1. The van der Waals surface area contributed by atoms with Gasteiger partial charge in [0, 0.05) is 26.2 Å². The first-order valence-electron chi connectivity index (χ1n) is 10.2. The largest absolute Gasteiger partial charge is 0.503 e. The first kappa shape index (κ1) is 20.0. The average molecular weight is 442 g/mol. The van der Waals surface area contributed by atoms with Gasteiger partial charge in [-0.05, 0) is 29.1 Å². The fraction of sp³-hybridized carbons (Fsp3) is 0.364. The monoisotopic (exact) mass is 442 g/mol. The van der Waals surface area contributed by atoms with Crippen LogP contribution in [0.2, 0.25) is 0 Å². The van der Waals surface area contributed by atoms with Gasteiger partial charge in [0.05, 0.1) is 29.7 Å². The first-order chi connectivity index (χ1) is 15.1. The number of hydrogen-bond acceptors (Lipinski definition) is 8. The molecule has 1 aromatic heterocycles. The highest BCUT2D eigenvalue weighted by Crippen LogP contribution is 2.42. The van der Waals surface area contributed by atoms with E-state index in [4.69, 9.17) is 14.2 Å². The number of ketones is 1. The molecule has 1 aromatic carbocycles. The lowest BCUT2D eigenvalue weighted by molar-refractivity contribution is -0.129. The van der Waals surface area contributed by atoms with Crippen molar-refractivity contribution < 1.29 is 28.9 Å². The quantitative estimate of drug-likeness (QED) is 0.687. The van der Waals surface area contributed by atoms with Crippen molar-refractivity contribution in [3.8, 4) is 11.5 Å². The van der Waals surface area contributed by atoms with Gasteiger partial charge >= 0.3 is 0 Å². The van der Waals surface area contributed by atoms with Crippen molar-refractivity contribution in [3.05, 3.63) is 57.5 Å². The Kier molecular flexibility index (Phi) is 5.39. The van der Waals surface area contributed by atoms with Gasteiger partial charge in [-0.3, -0.25) is 14.5 Å². The summed E-state index contributed by atoms with van der Waals surface area (Å²) in [6, 6.07) is 8.14. The van der Waals surface area contributed by atoms with Crippen LogP contribution in [0.4, 0.5) is 0 Å². The van der Waals surface area contributed by atoms with Gasteiger partial charge in [0.15, 0.2) is 17.3 Å². The van der Waals surface area contributed by atoms with Crippen LogP contribution in [0.3, 0.4) is 0 Å². The van der Waals surface area contributed by atoms with E-state index in [1.165, 1.54) is 11.3 Å². The van der Waals surface area contributed by atoms with E-state index in [1.54, 1.807) is 34.5 Å². The molecule has 0 spiro atoms. The highest BCUT2D eigenvalue weighted by atomic mass is 32.1. The Bertz CT molecular complexity index is 1030. The van der Waals surface area contributed by atoms with Gasteiger partial charge in [0.25, 0.3) is 5.91 Å². The summed E-state index contributed by atoms with van der Waals surface area (Å²) in [7, 11) is 0. The summed E-state index contributed by atoms with van der Waals surface area (Å²) in [5.41, 5.74) is 0.803. The van der Waals surface area contributed by atoms with Crippen molar-refractivity contribution >= 4 is 23.0 Å². The third-order valence-corrected chi connectivity index (χ3v) is 6.64. The van der Waals surface area contributed by atoms with E-state index in [0.29, 0.717) is 48.2 Å². The third kappa shape index (κ3) is 3.69. The van der Waals surface area contributed by atoms with E-state index in [-0.39, 0.29) is 18.1 Å². The van der Waals surface area contributed by atoms with Crippen LogP contribution in [-0.2, 0) is 9.53 Å². The second-order valence-corrected chi connectivity index (χ2v) is 8.48. The number of hydrogen-bond donors (Lipinski definition) is 1. The summed E-state index contributed by atoms with van der Waals surface area (Å²) in [6.45, 7) is 4.03. The highest BCUT2D eigenvalue weighted by molar-refractivity contribution is 7.12. The number of rotatable bonds is 6. The van der Waals surface area contributed by atoms with Crippen molar-refractivity contribution in [2.45, 2.75) is 6.04 Å². The van der Waals surface area contributed by atoms with Crippen LogP contribution in [0.1, 0.15) is 21.3 Å². The molecule has 0 aliphatic carbocycles. The minimum Gasteiger partial charge on any atom is -0.503 e. The Morgan fingerprint density at radius 2 is 1.94 bits per heavy atom. The molecule has 4 heterocycles. The molecule has 5 rings (SSSR count). The molecule has 1 amide bonds. The topological polar surface area (TPSA) is 88.5 Å². The van der Waals surface area contributed by atoms with Gasteiger partial charge in [-0.25, -0.2) is 0 Å². The van der Waals surface area contributed by atoms with Gasteiger partial charge in [-0.2, -0.15) is 0 Å². The maximum absolute atomic E-state index is 13.3. The van der Waals surface area contributed by atoms with E-state index in [2.05, 4.69) is 4.90 Å². The fourth-order valence-electron chi connectivity index (χ4n) is 4.16. The maximum atomic E-state index is 13.3. The molecule has 8 nitrogen and oxygen atoms in total. The summed E-state index contributed by atoms with van der Waals surface area (Å²) < 4.78 is 16.3. The second kappa shape index (κ2) is 8.33. The predicted molar refractivity (Wildman–Crippen MR) is 113 cm³/mol. The molecule has 1 fully saturated rings. The fourth-order valence-corrected chi connectivity index (χ4v) is 4.84. The lowest BCUT2D eigenvalue weighted by Crippen LogP contribution is -2.43. The summed E-state index contributed by atoms with van der Waals surface area (Å²) in [5.74, 6) is -0.170. The van der Waals surface area contributed by atoms with E-state index < -0.39 is 17.7 Å². The molecular formula is C22H22N2O6S. The Balaban J connectivity index is 1.49. The number of aliphatic hydroxyl groups is 1. The standard InChI is InChI=1S/C22H22N2O6S/c25-20(17-2-1-11-31-17)18-19(14-3-4-15-16(12-14)30-13-29-15)24(22(27)21(18)26)6-5-23-7-9-28-10-8-23/h1-4,11-12,19,26H,5-10,13H2/t19-/m1/s1. The number of carbonyl (C=O) groups is 2. The number of amides is 1. The third-order valence-electron chi connectivity index (χ3n) is 5.77. The van der Waals surface area contributed by atoms with E-state index in [9.17, 15) is 14.7 Å². The zero-order valence-corrected chi connectivity index (χ0v) is 17.6. The Hall–Kier alpha value is -2.88. The second-order valence-electron chi connectivity index (χ2n) is 7.54. The minimum atomic E-state index is -0.697. The molecule has 2 aromatic rings. The molecule has 31 heavy (non-hydrogen) atoms. The highest BCUT2D eigenvalue weighted by Gasteiger charge is 2.44. The molecule has 162 valence electrons. The Morgan fingerprint density at radius 1 is 1.13 bits per heavy atom. The zero-order chi connectivity index (χ0) is 21.4. The van der Waals surface area contributed by atoms with Crippen molar-refractivity contribution in [2.24, 2.45) is 0 Å². The molecule has 9 heteroatoms. The number of nitrogens with zero attached hydrogens (tertiary/aromatic N) is 2. The van der Waals surface area contributed by atoms with Gasteiger partial charge in [-0.1, -0.05) is 12.1 Å². The number of morpholine rings is 1. The SMILES string of the molecule is O=C(C1=C(O)C(=O)N(CCN2CCOCC2)[C@@H]1c1ccc2c(c1)OCO2)c1cccs1. The number of carbonyl (C=O) groups excluding carboxylic acids is 2. The Labute approximate surface area is 183 Å². The van der Waals surface area contributed by atoms with Crippen molar-refractivity contribution in [2.75, 3.05) is 46.2 Å². The minimum absolute atomic E-state index is 0.105. The zero-order valence-electron chi connectivity index (χ0n) is 16.8. The molecule has 1 N–H and O–H groups in total. The van der Waals surface area contributed by atoms with E-state index in [1.807, 2.05) is 6.07 Å². The number of thiophene rings is 1. The summed E-state index contributed by atoms with van der Waals surface area (Å²) in [5, 5.41) is 12.5. The molecule has 1 saturated heterocycles. The summed E-state index contributed by atoms with van der Waals surface area (Å²) in [4.78, 5) is 30.6. The lowest BCUT2D eigenvalue weighted by Gasteiger charge is -2.31. The van der Waals surface area contributed by atoms with Gasteiger partial charge in [0.1, 0.15) is 0 Å². The number of aliphatic hydroxyl groups excluding tert-OH is 1. The number of fused-ring (bicyclic) bond motifs is 1. The van der Waals surface area contributed by atoms with Gasteiger partial charge in [0.2, 0.25) is 12.6 Å².